The lowest BCUT2D eigenvalue weighted by atomic mass is 10.1. The van der Waals surface area contributed by atoms with Crippen LogP contribution in [-0.2, 0) is 0 Å². The molecule has 0 aliphatic carbocycles. The molecule has 0 unspecified atom stereocenters. The van der Waals surface area contributed by atoms with Crippen molar-refractivity contribution in [2.45, 2.75) is 0 Å². The fourth-order valence-electron chi connectivity index (χ4n) is 6.28. The van der Waals surface area contributed by atoms with Gasteiger partial charge in [0.05, 0.1) is 0 Å². The molecule has 5 heteroatoms. The summed E-state index contributed by atoms with van der Waals surface area (Å²) in [5, 5.41) is 5.08. The van der Waals surface area contributed by atoms with Crippen molar-refractivity contribution >= 4 is 28.8 Å². The zero-order valence-electron chi connectivity index (χ0n) is 23.8. The van der Waals surface area contributed by atoms with Crippen molar-refractivity contribution in [1.82, 2.24) is 15.0 Å². The van der Waals surface area contributed by atoms with Crippen molar-refractivity contribution in [1.29, 1.82) is 0 Å². The summed E-state index contributed by atoms with van der Waals surface area (Å²) in [4.78, 5) is 14.8. The van der Waals surface area contributed by atoms with Gasteiger partial charge in [0.25, 0.3) is 0 Å². The van der Waals surface area contributed by atoms with Crippen LogP contribution in [-0.4, -0.2) is 23.0 Å². The maximum absolute atomic E-state index is 6.49. The van der Waals surface area contributed by atoms with Gasteiger partial charge in [0.15, 0.2) is 25.5 Å². The molecule has 0 spiro atoms. The Morgan fingerprint density at radius 1 is 0.341 bits per heavy atom. The van der Waals surface area contributed by atoms with Crippen LogP contribution in [0, 0.1) is 0 Å². The van der Waals surface area contributed by atoms with Gasteiger partial charge in [0.2, 0.25) is 0 Å². The van der Waals surface area contributed by atoms with Crippen molar-refractivity contribution in [2.24, 2.45) is 0 Å². The molecular formula is C39H27N3OSi. The van der Waals surface area contributed by atoms with Gasteiger partial charge < -0.3 is 4.74 Å². The zero-order chi connectivity index (χ0) is 29.3. The standard InChI is InChI=1S/C39H27N3OSi/c1-4-14-28(15-5-1)37-40-38(29-16-6-2-7-17-29)42-39(41-37)30-24-26-32(27-25-30)44(31-18-8-3-9-19-31)35-22-12-10-20-33(35)43-34-21-11-13-23-36(34)44/h1-27H. The monoisotopic (exact) mass is 581 g/mol. The highest BCUT2D eigenvalue weighted by Crippen LogP contribution is 2.30. The summed E-state index contributed by atoms with van der Waals surface area (Å²) in [6, 6.07) is 56.9. The summed E-state index contributed by atoms with van der Waals surface area (Å²) in [6.45, 7) is 0. The Balaban J connectivity index is 1.32. The molecule has 6 aromatic carbocycles. The Labute approximate surface area is 257 Å². The van der Waals surface area contributed by atoms with E-state index in [0.29, 0.717) is 17.5 Å². The second-order valence-corrected chi connectivity index (χ2v) is 14.6. The lowest BCUT2D eigenvalue weighted by Crippen LogP contribution is -2.76. The fraction of sp³-hybridized carbons (Fsp3) is 0. The number of aromatic nitrogens is 3. The van der Waals surface area contributed by atoms with Gasteiger partial charge in [-0.15, -0.1) is 0 Å². The van der Waals surface area contributed by atoms with Crippen LogP contribution in [0.2, 0.25) is 0 Å². The summed E-state index contributed by atoms with van der Waals surface area (Å²) in [6.07, 6.45) is 0. The molecule has 0 bridgehead atoms. The summed E-state index contributed by atoms with van der Waals surface area (Å²) in [5.41, 5.74) is 2.85. The minimum Gasteiger partial charge on any atom is -0.458 e. The van der Waals surface area contributed by atoms with Crippen LogP contribution in [0.1, 0.15) is 0 Å². The lowest BCUT2D eigenvalue weighted by Gasteiger charge is -2.39. The first kappa shape index (κ1) is 26.0. The second kappa shape index (κ2) is 10.9. The van der Waals surface area contributed by atoms with Gasteiger partial charge in [-0.2, -0.15) is 0 Å². The summed E-state index contributed by atoms with van der Waals surface area (Å²) >= 11 is 0. The SMILES string of the molecule is c1ccc(-c2nc(-c3ccccc3)nc(-c3ccc([Si]4(c5ccccc5)c5ccccc5Oc5ccccc54)cc3)n2)cc1. The number of fused-ring (bicyclic) bond motifs is 2. The molecule has 0 amide bonds. The van der Waals surface area contributed by atoms with Gasteiger partial charge in [-0.3, -0.25) is 0 Å². The van der Waals surface area contributed by atoms with E-state index in [1.807, 2.05) is 60.7 Å². The fourth-order valence-corrected chi connectivity index (χ4v) is 11.2. The molecule has 208 valence electrons. The molecule has 0 saturated heterocycles. The predicted molar refractivity (Wildman–Crippen MR) is 180 cm³/mol. The van der Waals surface area contributed by atoms with Crippen LogP contribution in [0.3, 0.4) is 0 Å². The van der Waals surface area contributed by atoms with Gasteiger partial charge in [0, 0.05) is 16.7 Å². The van der Waals surface area contributed by atoms with E-state index in [0.717, 1.165) is 28.2 Å². The van der Waals surface area contributed by atoms with E-state index in [4.69, 9.17) is 19.7 Å². The van der Waals surface area contributed by atoms with Crippen molar-refractivity contribution < 1.29 is 4.74 Å². The molecule has 4 nitrogen and oxygen atoms in total. The molecule has 7 aromatic rings. The molecule has 1 aromatic heterocycles. The van der Waals surface area contributed by atoms with Crippen molar-refractivity contribution in [3.05, 3.63) is 164 Å². The minimum absolute atomic E-state index is 0.646. The quantitative estimate of drug-likeness (QED) is 0.222. The molecule has 0 atom stereocenters. The van der Waals surface area contributed by atoms with Crippen molar-refractivity contribution in [2.75, 3.05) is 0 Å². The Morgan fingerprint density at radius 3 is 1.18 bits per heavy atom. The predicted octanol–water partition coefficient (Wildman–Crippen LogP) is 6.36. The van der Waals surface area contributed by atoms with Crippen LogP contribution in [0.25, 0.3) is 34.2 Å². The molecule has 1 aliphatic rings. The molecule has 0 radical (unpaired) electrons. The van der Waals surface area contributed by atoms with Gasteiger partial charge in [0.1, 0.15) is 11.5 Å². The second-order valence-electron chi connectivity index (χ2n) is 10.8. The number of hydrogen-bond donors (Lipinski definition) is 0. The van der Waals surface area contributed by atoms with E-state index in [2.05, 4.69) is 103 Å². The third-order valence-corrected chi connectivity index (χ3v) is 13.1. The molecule has 1 aliphatic heterocycles. The molecular weight excluding hydrogens is 555 g/mol. The van der Waals surface area contributed by atoms with E-state index in [1.54, 1.807) is 0 Å². The first-order valence-corrected chi connectivity index (χ1v) is 16.7. The van der Waals surface area contributed by atoms with Crippen LogP contribution in [0.5, 0.6) is 11.5 Å². The third-order valence-electron chi connectivity index (χ3n) is 8.28. The highest BCUT2D eigenvalue weighted by atomic mass is 28.3. The van der Waals surface area contributed by atoms with Crippen molar-refractivity contribution in [3.8, 4) is 45.7 Å². The number of para-hydroxylation sites is 2. The molecule has 8 rings (SSSR count). The summed E-state index contributed by atoms with van der Waals surface area (Å²) in [7, 11) is -2.71. The van der Waals surface area contributed by atoms with Gasteiger partial charge >= 0.3 is 0 Å². The highest BCUT2D eigenvalue weighted by Gasteiger charge is 2.47. The maximum atomic E-state index is 6.49. The average Bonchev–Trinajstić information content (AvgIpc) is 3.11. The van der Waals surface area contributed by atoms with E-state index in [-0.39, 0.29) is 0 Å². The minimum atomic E-state index is -2.71. The molecule has 44 heavy (non-hydrogen) atoms. The largest absolute Gasteiger partial charge is 0.458 e. The lowest BCUT2D eigenvalue weighted by molar-refractivity contribution is 0.487. The number of ether oxygens (including phenoxy) is 1. The third kappa shape index (κ3) is 4.34. The number of nitrogens with zero attached hydrogens (tertiary/aromatic N) is 3. The summed E-state index contributed by atoms with van der Waals surface area (Å²) in [5.74, 6) is 3.79. The Morgan fingerprint density at radius 2 is 0.705 bits per heavy atom. The average molecular weight is 582 g/mol. The maximum Gasteiger partial charge on any atom is 0.188 e. The Kier molecular flexibility index (Phi) is 6.43. The van der Waals surface area contributed by atoms with Gasteiger partial charge in [-0.05, 0) is 32.9 Å². The van der Waals surface area contributed by atoms with E-state index < -0.39 is 8.07 Å². The van der Waals surface area contributed by atoms with E-state index >= 15 is 0 Å². The van der Waals surface area contributed by atoms with Crippen LogP contribution < -0.4 is 25.5 Å². The van der Waals surface area contributed by atoms with Crippen molar-refractivity contribution in [3.63, 3.8) is 0 Å². The van der Waals surface area contributed by atoms with Crippen LogP contribution in [0.4, 0.5) is 0 Å². The summed E-state index contributed by atoms with van der Waals surface area (Å²) < 4.78 is 6.49. The Hall–Kier alpha value is -5.65. The molecule has 0 saturated carbocycles. The van der Waals surface area contributed by atoms with Crippen LogP contribution in [0.15, 0.2) is 164 Å². The van der Waals surface area contributed by atoms with E-state index in [9.17, 15) is 0 Å². The smallest absolute Gasteiger partial charge is 0.188 e. The van der Waals surface area contributed by atoms with Gasteiger partial charge in [-0.1, -0.05) is 152 Å². The molecule has 2 heterocycles. The number of hydrogen-bond acceptors (Lipinski definition) is 4. The number of benzene rings is 6. The number of rotatable bonds is 5. The normalized spacial score (nSPS) is 12.9. The van der Waals surface area contributed by atoms with Gasteiger partial charge in [-0.25, -0.2) is 15.0 Å². The first-order chi connectivity index (χ1) is 21.8. The molecule has 0 N–H and O–H groups in total. The van der Waals surface area contributed by atoms with Crippen LogP contribution >= 0.6 is 0 Å². The van der Waals surface area contributed by atoms with E-state index in [1.165, 1.54) is 20.7 Å². The Bertz CT molecular complexity index is 1980. The zero-order valence-corrected chi connectivity index (χ0v) is 24.8. The topological polar surface area (TPSA) is 47.9 Å². The molecule has 0 fully saturated rings. The highest BCUT2D eigenvalue weighted by molar-refractivity contribution is 7.20. The first-order valence-electron chi connectivity index (χ1n) is 14.7.